The van der Waals surface area contributed by atoms with E-state index in [0.717, 1.165) is 11.3 Å². The summed E-state index contributed by atoms with van der Waals surface area (Å²) in [6.45, 7) is 8.47. The topological polar surface area (TPSA) is 59.1 Å². The molecule has 6 nitrogen and oxygen atoms in total. The Balaban J connectivity index is 1.75. The molecule has 0 bridgehead atoms. The van der Waals surface area contributed by atoms with E-state index in [1.807, 2.05) is 81.4 Å². The van der Waals surface area contributed by atoms with Gasteiger partial charge in [-0.15, -0.1) is 0 Å². The third kappa shape index (κ3) is 6.74. The predicted molar refractivity (Wildman–Crippen MR) is 120 cm³/mol. The van der Waals surface area contributed by atoms with Crippen LogP contribution in [0.1, 0.15) is 39.7 Å². The SMILES string of the molecule is CC(=O)N(Cc1ccccc1)C[C@@H]1C[C@H](Oc2ccccc2)CN1C(=O)OC(C)(C)C. The van der Waals surface area contributed by atoms with Crippen LogP contribution in [0.4, 0.5) is 4.79 Å². The fraction of sp³-hybridized carbons (Fsp3) is 0.440. The lowest BCUT2D eigenvalue weighted by Crippen LogP contribution is -2.46. The number of hydrogen-bond acceptors (Lipinski definition) is 4. The van der Waals surface area contributed by atoms with Gasteiger partial charge in [0, 0.05) is 26.4 Å². The van der Waals surface area contributed by atoms with E-state index in [2.05, 4.69) is 0 Å². The van der Waals surface area contributed by atoms with Gasteiger partial charge in [0.25, 0.3) is 0 Å². The Morgan fingerprint density at radius 1 is 1.03 bits per heavy atom. The molecule has 166 valence electrons. The van der Waals surface area contributed by atoms with Gasteiger partial charge in [-0.25, -0.2) is 4.79 Å². The zero-order chi connectivity index (χ0) is 22.4. The molecule has 0 aromatic heterocycles. The first kappa shape index (κ1) is 22.7. The van der Waals surface area contributed by atoms with Gasteiger partial charge >= 0.3 is 6.09 Å². The molecular formula is C25H32N2O4. The van der Waals surface area contributed by atoms with E-state index in [4.69, 9.17) is 9.47 Å². The average molecular weight is 425 g/mol. The maximum absolute atomic E-state index is 12.9. The number of carbonyl (C=O) groups is 2. The Morgan fingerprint density at radius 3 is 2.23 bits per heavy atom. The van der Waals surface area contributed by atoms with E-state index in [1.165, 1.54) is 0 Å². The van der Waals surface area contributed by atoms with Crippen molar-refractivity contribution < 1.29 is 19.1 Å². The first-order chi connectivity index (χ1) is 14.7. The minimum Gasteiger partial charge on any atom is -0.489 e. The number of likely N-dealkylation sites (tertiary alicyclic amines) is 1. The molecule has 2 aromatic carbocycles. The van der Waals surface area contributed by atoms with Crippen LogP contribution in [0.5, 0.6) is 5.75 Å². The molecule has 1 aliphatic heterocycles. The lowest BCUT2D eigenvalue weighted by molar-refractivity contribution is -0.130. The molecule has 1 heterocycles. The van der Waals surface area contributed by atoms with E-state index in [0.29, 0.717) is 26.1 Å². The van der Waals surface area contributed by atoms with Gasteiger partial charge in [-0.05, 0) is 38.5 Å². The molecule has 0 radical (unpaired) electrons. The van der Waals surface area contributed by atoms with E-state index in [9.17, 15) is 9.59 Å². The maximum Gasteiger partial charge on any atom is 0.410 e. The van der Waals surface area contributed by atoms with Crippen molar-refractivity contribution in [3.8, 4) is 5.75 Å². The second kappa shape index (κ2) is 9.86. The van der Waals surface area contributed by atoms with Crippen molar-refractivity contribution in [2.45, 2.75) is 58.4 Å². The van der Waals surface area contributed by atoms with Gasteiger partial charge in [0.15, 0.2) is 0 Å². The molecule has 31 heavy (non-hydrogen) atoms. The maximum atomic E-state index is 12.9. The Labute approximate surface area is 184 Å². The number of benzene rings is 2. The van der Waals surface area contributed by atoms with Crippen LogP contribution in [0, 0.1) is 0 Å². The molecule has 0 aliphatic carbocycles. The number of rotatable bonds is 6. The van der Waals surface area contributed by atoms with E-state index in [1.54, 1.807) is 16.7 Å². The second-order valence-corrected chi connectivity index (χ2v) is 8.96. The molecule has 0 unspecified atom stereocenters. The Kier molecular flexibility index (Phi) is 7.21. The average Bonchev–Trinajstić information content (AvgIpc) is 3.10. The fourth-order valence-corrected chi connectivity index (χ4v) is 3.73. The van der Waals surface area contributed by atoms with Gasteiger partial charge in [-0.1, -0.05) is 48.5 Å². The van der Waals surface area contributed by atoms with Crippen molar-refractivity contribution >= 4 is 12.0 Å². The molecule has 1 saturated heterocycles. The lowest BCUT2D eigenvalue weighted by Gasteiger charge is -2.31. The van der Waals surface area contributed by atoms with Crippen LogP contribution >= 0.6 is 0 Å². The summed E-state index contributed by atoms with van der Waals surface area (Å²) in [5.74, 6) is 0.741. The summed E-state index contributed by atoms with van der Waals surface area (Å²) in [4.78, 5) is 28.8. The molecule has 0 N–H and O–H groups in total. The zero-order valence-corrected chi connectivity index (χ0v) is 18.8. The number of amides is 2. The van der Waals surface area contributed by atoms with Crippen LogP contribution in [0.15, 0.2) is 60.7 Å². The molecule has 0 spiro atoms. The molecule has 2 amide bonds. The summed E-state index contributed by atoms with van der Waals surface area (Å²) in [7, 11) is 0. The van der Waals surface area contributed by atoms with Gasteiger partial charge < -0.3 is 14.4 Å². The highest BCUT2D eigenvalue weighted by molar-refractivity contribution is 5.73. The van der Waals surface area contributed by atoms with Gasteiger partial charge in [-0.2, -0.15) is 0 Å². The standard InChI is InChI=1S/C25H32N2O4/c1-19(28)26(16-20-11-7-5-8-12-20)17-21-15-23(30-22-13-9-6-10-14-22)18-27(21)24(29)31-25(2,3)4/h5-14,21,23H,15-18H2,1-4H3/t21-,23-/m0/s1. The first-order valence-corrected chi connectivity index (χ1v) is 10.7. The minimum absolute atomic E-state index is 0.0274. The highest BCUT2D eigenvalue weighted by Gasteiger charge is 2.39. The van der Waals surface area contributed by atoms with E-state index < -0.39 is 5.60 Å². The molecule has 2 aromatic rings. The monoisotopic (exact) mass is 424 g/mol. The smallest absolute Gasteiger partial charge is 0.410 e. The lowest BCUT2D eigenvalue weighted by atomic mass is 10.1. The molecule has 1 fully saturated rings. The Hall–Kier alpha value is -3.02. The van der Waals surface area contributed by atoms with Crippen molar-refractivity contribution in [2.24, 2.45) is 0 Å². The summed E-state index contributed by atoms with van der Waals surface area (Å²) in [5.41, 5.74) is 0.459. The van der Waals surface area contributed by atoms with Crippen molar-refractivity contribution in [3.05, 3.63) is 66.2 Å². The summed E-state index contributed by atoms with van der Waals surface area (Å²) < 4.78 is 11.8. The fourth-order valence-electron chi connectivity index (χ4n) is 3.73. The number of para-hydroxylation sites is 1. The predicted octanol–water partition coefficient (Wildman–Crippen LogP) is 4.49. The van der Waals surface area contributed by atoms with E-state index >= 15 is 0 Å². The Bertz CT molecular complexity index is 864. The quantitative estimate of drug-likeness (QED) is 0.685. The molecule has 6 heteroatoms. The van der Waals surface area contributed by atoms with Gasteiger partial charge in [0.05, 0.1) is 12.6 Å². The van der Waals surface area contributed by atoms with Crippen molar-refractivity contribution in [1.29, 1.82) is 0 Å². The largest absolute Gasteiger partial charge is 0.489 e. The number of nitrogens with zero attached hydrogens (tertiary/aromatic N) is 2. The van der Waals surface area contributed by atoms with Crippen LogP contribution in [-0.4, -0.2) is 52.6 Å². The summed E-state index contributed by atoms with van der Waals surface area (Å²) in [6, 6.07) is 19.3. The van der Waals surface area contributed by atoms with E-state index in [-0.39, 0.29) is 24.1 Å². The van der Waals surface area contributed by atoms with Crippen LogP contribution in [-0.2, 0) is 16.1 Å². The minimum atomic E-state index is -0.593. The first-order valence-electron chi connectivity index (χ1n) is 10.7. The summed E-state index contributed by atoms with van der Waals surface area (Å²) in [5, 5.41) is 0. The molecule has 2 atom stereocenters. The summed E-state index contributed by atoms with van der Waals surface area (Å²) in [6.07, 6.45) is 0.0949. The van der Waals surface area contributed by atoms with Gasteiger partial charge in [0.1, 0.15) is 17.5 Å². The Morgan fingerprint density at radius 2 is 1.65 bits per heavy atom. The molecule has 0 saturated carbocycles. The molecular weight excluding hydrogens is 392 g/mol. The van der Waals surface area contributed by atoms with Crippen molar-refractivity contribution in [2.75, 3.05) is 13.1 Å². The van der Waals surface area contributed by atoms with Crippen molar-refractivity contribution in [1.82, 2.24) is 9.80 Å². The number of hydrogen-bond donors (Lipinski definition) is 0. The van der Waals surface area contributed by atoms with Gasteiger partial charge in [-0.3, -0.25) is 9.69 Å². The highest BCUT2D eigenvalue weighted by Crippen LogP contribution is 2.26. The van der Waals surface area contributed by atoms with Crippen LogP contribution in [0.2, 0.25) is 0 Å². The van der Waals surface area contributed by atoms with Crippen LogP contribution < -0.4 is 4.74 Å². The third-order valence-electron chi connectivity index (χ3n) is 5.14. The van der Waals surface area contributed by atoms with Crippen LogP contribution in [0.25, 0.3) is 0 Å². The zero-order valence-electron chi connectivity index (χ0n) is 18.8. The van der Waals surface area contributed by atoms with Gasteiger partial charge in [0.2, 0.25) is 5.91 Å². The number of carbonyl (C=O) groups excluding carboxylic acids is 2. The summed E-state index contributed by atoms with van der Waals surface area (Å²) >= 11 is 0. The third-order valence-corrected chi connectivity index (χ3v) is 5.14. The highest BCUT2D eigenvalue weighted by atomic mass is 16.6. The molecule has 3 rings (SSSR count). The number of ether oxygens (including phenoxy) is 2. The molecule has 1 aliphatic rings. The van der Waals surface area contributed by atoms with Crippen LogP contribution in [0.3, 0.4) is 0 Å². The second-order valence-electron chi connectivity index (χ2n) is 8.96. The van der Waals surface area contributed by atoms with Crippen molar-refractivity contribution in [3.63, 3.8) is 0 Å². The normalized spacial score (nSPS) is 18.5.